The molecule has 0 spiro atoms. The summed E-state index contributed by atoms with van der Waals surface area (Å²) in [6.45, 7) is 1.44. The molecule has 0 atom stereocenters. The molecular weight excluding hydrogens is 302 g/mol. The van der Waals surface area contributed by atoms with Gasteiger partial charge in [-0.2, -0.15) is 0 Å². The largest absolute Gasteiger partial charge is 0.464 e. The number of ether oxygens (including phenoxy) is 1. The summed E-state index contributed by atoms with van der Waals surface area (Å²) in [5.41, 5.74) is 3.53. The number of carbonyl (C=O) groups is 2. The van der Waals surface area contributed by atoms with E-state index in [1.165, 1.54) is 18.6 Å². The molecular formula is C20H17NO3. The van der Waals surface area contributed by atoms with Crippen LogP contribution in [-0.2, 0) is 4.74 Å². The fourth-order valence-electron chi connectivity index (χ4n) is 2.81. The normalized spacial score (nSPS) is 10.4. The number of nitrogens with zero attached hydrogens (tertiary/aromatic N) is 1. The topological polar surface area (TPSA) is 48.3 Å². The number of hydrogen-bond donors (Lipinski definition) is 0. The van der Waals surface area contributed by atoms with E-state index < -0.39 is 5.97 Å². The molecule has 0 unspecified atom stereocenters. The summed E-state index contributed by atoms with van der Waals surface area (Å²) in [6.07, 6.45) is 0. The molecule has 1 aromatic heterocycles. The maximum atomic E-state index is 12.3. The van der Waals surface area contributed by atoms with Crippen LogP contribution in [0.4, 0.5) is 0 Å². The zero-order chi connectivity index (χ0) is 17.1. The highest BCUT2D eigenvalue weighted by atomic mass is 16.5. The van der Waals surface area contributed by atoms with E-state index in [2.05, 4.69) is 0 Å². The summed E-state index contributed by atoms with van der Waals surface area (Å²) in [5.74, 6) is -0.777. The standard InChI is InChI=1S/C20H17NO3/c1-14(22)21-18(20(23)24-2)13-17(15-9-5-3-6-10-15)19(21)16-11-7-4-8-12-16/h3-13H,1-2H3. The van der Waals surface area contributed by atoms with Crippen LogP contribution in [0, 0.1) is 0 Å². The second-order valence-electron chi connectivity index (χ2n) is 5.37. The van der Waals surface area contributed by atoms with Crippen molar-refractivity contribution in [3.05, 3.63) is 72.4 Å². The Balaban J connectivity index is 2.36. The minimum atomic E-state index is -0.537. The summed E-state index contributed by atoms with van der Waals surface area (Å²) in [7, 11) is 1.31. The molecule has 1 heterocycles. The van der Waals surface area contributed by atoms with Gasteiger partial charge in [0.2, 0.25) is 5.91 Å². The van der Waals surface area contributed by atoms with E-state index in [1.807, 2.05) is 60.7 Å². The van der Waals surface area contributed by atoms with Gasteiger partial charge in [0.25, 0.3) is 0 Å². The Kier molecular flexibility index (Phi) is 4.29. The average Bonchev–Trinajstić information content (AvgIpc) is 3.03. The molecule has 0 aliphatic rings. The molecule has 24 heavy (non-hydrogen) atoms. The highest BCUT2D eigenvalue weighted by molar-refractivity contribution is 6.01. The van der Waals surface area contributed by atoms with E-state index in [4.69, 9.17) is 4.74 Å². The Morgan fingerprint density at radius 3 is 1.92 bits per heavy atom. The van der Waals surface area contributed by atoms with Gasteiger partial charge in [-0.1, -0.05) is 60.7 Å². The van der Waals surface area contributed by atoms with E-state index in [1.54, 1.807) is 6.07 Å². The van der Waals surface area contributed by atoms with E-state index in [0.29, 0.717) is 5.69 Å². The number of hydrogen-bond acceptors (Lipinski definition) is 3. The smallest absolute Gasteiger partial charge is 0.355 e. The lowest BCUT2D eigenvalue weighted by Crippen LogP contribution is -2.16. The van der Waals surface area contributed by atoms with Crippen molar-refractivity contribution in [1.82, 2.24) is 4.57 Å². The van der Waals surface area contributed by atoms with Crippen LogP contribution >= 0.6 is 0 Å². The molecule has 120 valence electrons. The Hall–Kier alpha value is -3.14. The van der Waals surface area contributed by atoms with Gasteiger partial charge in [0.1, 0.15) is 5.69 Å². The molecule has 0 saturated heterocycles. The predicted molar refractivity (Wildman–Crippen MR) is 92.9 cm³/mol. The Morgan fingerprint density at radius 2 is 1.42 bits per heavy atom. The monoisotopic (exact) mass is 319 g/mol. The molecule has 3 aromatic rings. The fraction of sp³-hybridized carbons (Fsp3) is 0.100. The second kappa shape index (κ2) is 6.54. The van der Waals surface area contributed by atoms with Crippen molar-refractivity contribution in [3.63, 3.8) is 0 Å². The molecule has 0 saturated carbocycles. The van der Waals surface area contributed by atoms with Crippen molar-refractivity contribution in [1.29, 1.82) is 0 Å². The zero-order valence-corrected chi connectivity index (χ0v) is 13.5. The molecule has 0 radical (unpaired) electrons. The first-order valence-electron chi connectivity index (χ1n) is 7.59. The van der Waals surface area contributed by atoms with Crippen molar-refractivity contribution in [3.8, 4) is 22.4 Å². The fourth-order valence-corrected chi connectivity index (χ4v) is 2.81. The van der Waals surface area contributed by atoms with Gasteiger partial charge >= 0.3 is 5.97 Å². The number of methoxy groups -OCH3 is 1. The minimum absolute atomic E-state index is 0.225. The molecule has 4 nitrogen and oxygen atoms in total. The second-order valence-corrected chi connectivity index (χ2v) is 5.37. The molecule has 2 aromatic carbocycles. The number of benzene rings is 2. The highest BCUT2D eigenvalue weighted by Crippen LogP contribution is 2.35. The van der Waals surface area contributed by atoms with Gasteiger partial charge < -0.3 is 4.74 Å². The number of rotatable bonds is 3. The van der Waals surface area contributed by atoms with Crippen molar-refractivity contribution < 1.29 is 14.3 Å². The first-order valence-corrected chi connectivity index (χ1v) is 7.59. The third kappa shape index (κ3) is 2.74. The number of carbonyl (C=O) groups excluding carboxylic acids is 2. The molecule has 0 amide bonds. The zero-order valence-electron chi connectivity index (χ0n) is 13.5. The lowest BCUT2D eigenvalue weighted by atomic mass is 10.0. The first kappa shape index (κ1) is 15.7. The van der Waals surface area contributed by atoms with E-state index >= 15 is 0 Å². The third-order valence-electron chi connectivity index (χ3n) is 3.84. The van der Waals surface area contributed by atoms with Crippen LogP contribution in [0.15, 0.2) is 66.7 Å². The Bertz CT molecular complexity index is 880. The van der Waals surface area contributed by atoms with Crippen LogP contribution in [0.2, 0.25) is 0 Å². The maximum absolute atomic E-state index is 12.3. The molecule has 0 fully saturated rings. The van der Waals surface area contributed by atoms with E-state index in [-0.39, 0.29) is 11.6 Å². The number of aromatic nitrogens is 1. The number of esters is 1. The summed E-state index contributed by atoms with van der Waals surface area (Å²) >= 11 is 0. The summed E-state index contributed by atoms with van der Waals surface area (Å²) in [6, 6.07) is 20.9. The maximum Gasteiger partial charge on any atom is 0.355 e. The summed E-state index contributed by atoms with van der Waals surface area (Å²) in [5, 5.41) is 0. The summed E-state index contributed by atoms with van der Waals surface area (Å²) in [4.78, 5) is 24.5. The minimum Gasteiger partial charge on any atom is -0.464 e. The molecule has 3 rings (SSSR count). The van der Waals surface area contributed by atoms with Crippen LogP contribution in [-0.4, -0.2) is 23.6 Å². The molecule has 0 aliphatic carbocycles. The SMILES string of the molecule is COC(=O)c1cc(-c2ccccc2)c(-c2ccccc2)n1C(C)=O. The van der Waals surface area contributed by atoms with Crippen LogP contribution in [0.1, 0.15) is 22.2 Å². The lowest BCUT2D eigenvalue weighted by molar-refractivity contribution is 0.0582. The Labute approximate surface area is 140 Å². The van der Waals surface area contributed by atoms with E-state index in [9.17, 15) is 9.59 Å². The van der Waals surface area contributed by atoms with Crippen molar-refractivity contribution in [2.45, 2.75) is 6.92 Å². The molecule has 4 heteroatoms. The van der Waals surface area contributed by atoms with Gasteiger partial charge in [-0.25, -0.2) is 4.79 Å². The molecule has 0 N–H and O–H groups in total. The molecule has 0 aliphatic heterocycles. The van der Waals surface area contributed by atoms with Gasteiger partial charge in [-0.05, 0) is 17.2 Å². The average molecular weight is 319 g/mol. The van der Waals surface area contributed by atoms with Gasteiger partial charge in [0, 0.05) is 12.5 Å². The van der Waals surface area contributed by atoms with Gasteiger partial charge in [0.05, 0.1) is 12.8 Å². The lowest BCUT2D eigenvalue weighted by Gasteiger charge is -2.11. The van der Waals surface area contributed by atoms with Crippen LogP contribution < -0.4 is 0 Å². The molecule has 0 bridgehead atoms. The van der Waals surface area contributed by atoms with Crippen molar-refractivity contribution in [2.24, 2.45) is 0 Å². The highest BCUT2D eigenvalue weighted by Gasteiger charge is 2.24. The van der Waals surface area contributed by atoms with Gasteiger partial charge in [-0.15, -0.1) is 0 Å². The van der Waals surface area contributed by atoms with Crippen LogP contribution in [0.3, 0.4) is 0 Å². The van der Waals surface area contributed by atoms with Gasteiger partial charge in [-0.3, -0.25) is 9.36 Å². The summed E-state index contributed by atoms with van der Waals surface area (Å²) < 4.78 is 6.28. The Morgan fingerprint density at radius 1 is 0.875 bits per heavy atom. The first-order chi connectivity index (χ1) is 11.6. The quantitative estimate of drug-likeness (QED) is 0.677. The predicted octanol–water partition coefficient (Wildman–Crippen LogP) is 4.27. The third-order valence-corrected chi connectivity index (χ3v) is 3.84. The van der Waals surface area contributed by atoms with E-state index in [0.717, 1.165) is 16.7 Å². The van der Waals surface area contributed by atoms with Crippen LogP contribution in [0.25, 0.3) is 22.4 Å². The van der Waals surface area contributed by atoms with Crippen molar-refractivity contribution in [2.75, 3.05) is 7.11 Å². The van der Waals surface area contributed by atoms with Crippen LogP contribution in [0.5, 0.6) is 0 Å². The van der Waals surface area contributed by atoms with Gasteiger partial charge in [0.15, 0.2) is 0 Å². The van der Waals surface area contributed by atoms with Crippen molar-refractivity contribution >= 4 is 11.9 Å².